The molecule has 0 bridgehead atoms. The molecule has 0 aliphatic rings. The van der Waals surface area contributed by atoms with Crippen molar-refractivity contribution in [3.05, 3.63) is 120 Å². The molecular formula is C26H25ClOP+. The van der Waals surface area contributed by atoms with E-state index in [0.29, 0.717) is 5.02 Å². The van der Waals surface area contributed by atoms with E-state index in [9.17, 15) is 0 Å². The third kappa shape index (κ3) is 5.26. The Balaban J connectivity index is 0.000000224. The van der Waals surface area contributed by atoms with Crippen LogP contribution in [-0.4, -0.2) is 13.8 Å². The summed E-state index contributed by atoms with van der Waals surface area (Å²) in [6.45, 7) is 2.41. The zero-order valence-corrected chi connectivity index (χ0v) is 18.4. The van der Waals surface area contributed by atoms with Crippen molar-refractivity contribution in [2.45, 2.75) is 0 Å². The second-order valence-corrected chi connectivity index (χ2v) is 10.7. The Morgan fingerprint density at radius 2 is 1.00 bits per heavy atom. The van der Waals surface area contributed by atoms with Gasteiger partial charge >= 0.3 is 0 Å². The molecule has 3 heteroatoms. The molecule has 0 amide bonds. The topological polar surface area (TPSA) is 9.23 Å². The minimum Gasteiger partial charge on any atom is -0.497 e. The number of benzene rings is 4. The van der Waals surface area contributed by atoms with E-state index in [1.807, 2.05) is 18.2 Å². The second kappa shape index (κ2) is 10.3. The summed E-state index contributed by atoms with van der Waals surface area (Å²) < 4.78 is 4.91. The summed E-state index contributed by atoms with van der Waals surface area (Å²) in [6.07, 6.45) is 0. The van der Waals surface area contributed by atoms with E-state index in [4.69, 9.17) is 16.3 Å². The highest BCUT2D eigenvalue weighted by atomic mass is 35.5. The monoisotopic (exact) mass is 419 g/mol. The van der Waals surface area contributed by atoms with E-state index in [0.717, 1.165) is 5.75 Å². The Labute approximate surface area is 179 Å². The van der Waals surface area contributed by atoms with Crippen LogP contribution in [-0.2, 0) is 0 Å². The van der Waals surface area contributed by atoms with Gasteiger partial charge in [-0.15, -0.1) is 0 Å². The Morgan fingerprint density at radius 1 is 0.586 bits per heavy atom. The second-order valence-electron chi connectivity index (χ2n) is 6.67. The normalized spacial score (nSPS) is 10.6. The van der Waals surface area contributed by atoms with Gasteiger partial charge in [0, 0.05) is 5.02 Å². The van der Waals surface area contributed by atoms with Crippen molar-refractivity contribution in [1.29, 1.82) is 0 Å². The quantitative estimate of drug-likeness (QED) is 0.371. The van der Waals surface area contributed by atoms with Gasteiger partial charge in [-0.05, 0) is 54.6 Å². The molecule has 0 saturated carbocycles. The first-order valence-corrected chi connectivity index (χ1v) is 12.1. The molecule has 0 radical (unpaired) electrons. The highest BCUT2D eigenvalue weighted by molar-refractivity contribution is 7.95. The van der Waals surface area contributed by atoms with Gasteiger partial charge < -0.3 is 4.74 Å². The Hall–Kier alpha value is -2.60. The molecular weight excluding hydrogens is 395 g/mol. The number of methoxy groups -OCH3 is 1. The van der Waals surface area contributed by atoms with E-state index in [1.54, 1.807) is 13.2 Å². The highest BCUT2D eigenvalue weighted by Gasteiger charge is 2.39. The Bertz CT molecular complexity index is 908. The molecule has 0 aliphatic heterocycles. The van der Waals surface area contributed by atoms with Crippen molar-refractivity contribution in [1.82, 2.24) is 0 Å². The van der Waals surface area contributed by atoms with E-state index < -0.39 is 7.26 Å². The number of halogens is 1. The van der Waals surface area contributed by atoms with E-state index >= 15 is 0 Å². The summed E-state index contributed by atoms with van der Waals surface area (Å²) in [5.74, 6) is 0.794. The van der Waals surface area contributed by atoms with Crippen LogP contribution in [0.25, 0.3) is 0 Å². The van der Waals surface area contributed by atoms with Crippen LogP contribution in [0.3, 0.4) is 0 Å². The fourth-order valence-corrected chi connectivity index (χ4v) is 6.60. The van der Waals surface area contributed by atoms with Crippen molar-refractivity contribution in [2.24, 2.45) is 0 Å². The van der Waals surface area contributed by atoms with Crippen molar-refractivity contribution in [3.63, 3.8) is 0 Å². The SMILES string of the molecule is COc1cccc(Cl)c1.C[P+](c1ccccc1)(c1ccccc1)c1ccccc1. The van der Waals surface area contributed by atoms with Gasteiger partial charge in [0.2, 0.25) is 0 Å². The summed E-state index contributed by atoms with van der Waals surface area (Å²) >= 11 is 5.64. The molecule has 0 fully saturated rings. The fraction of sp³-hybridized carbons (Fsp3) is 0.0769. The number of hydrogen-bond acceptors (Lipinski definition) is 1. The maximum Gasteiger partial charge on any atom is 0.120 e. The van der Waals surface area contributed by atoms with Crippen LogP contribution in [0.1, 0.15) is 0 Å². The zero-order valence-electron chi connectivity index (χ0n) is 16.7. The summed E-state index contributed by atoms with van der Waals surface area (Å²) in [7, 11) is 0.0903. The molecule has 4 aromatic carbocycles. The van der Waals surface area contributed by atoms with Crippen molar-refractivity contribution >= 4 is 34.8 Å². The minimum atomic E-state index is -1.53. The molecule has 0 aliphatic carbocycles. The first kappa shape index (κ1) is 21.1. The van der Waals surface area contributed by atoms with Gasteiger partial charge in [-0.2, -0.15) is 0 Å². The molecule has 146 valence electrons. The average molecular weight is 420 g/mol. The maximum atomic E-state index is 5.64. The van der Waals surface area contributed by atoms with Crippen LogP contribution in [0.15, 0.2) is 115 Å². The van der Waals surface area contributed by atoms with Gasteiger partial charge in [0.1, 0.15) is 28.9 Å². The molecule has 1 nitrogen and oxygen atoms in total. The molecule has 0 unspecified atom stereocenters. The van der Waals surface area contributed by atoms with Crippen molar-refractivity contribution < 1.29 is 4.74 Å². The summed E-state index contributed by atoms with van der Waals surface area (Å²) in [4.78, 5) is 0. The molecule has 0 aromatic heterocycles. The predicted octanol–water partition coefficient (Wildman–Crippen LogP) is 5.96. The summed E-state index contributed by atoms with van der Waals surface area (Å²) in [5, 5.41) is 4.99. The van der Waals surface area contributed by atoms with Crippen LogP contribution in [0, 0.1) is 0 Å². The third-order valence-corrected chi connectivity index (χ3v) is 9.08. The largest absolute Gasteiger partial charge is 0.497 e. The fourth-order valence-electron chi connectivity index (χ4n) is 3.22. The molecule has 29 heavy (non-hydrogen) atoms. The Morgan fingerprint density at radius 3 is 1.31 bits per heavy atom. The minimum absolute atomic E-state index is 0.703. The molecule has 0 saturated heterocycles. The number of hydrogen-bond donors (Lipinski definition) is 0. The van der Waals surface area contributed by atoms with Crippen LogP contribution >= 0.6 is 18.9 Å². The first-order valence-electron chi connectivity index (χ1n) is 9.47. The number of ether oxygens (including phenoxy) is 1. The van der Waals surface area contributed by atoms with Crippen LogP contribution in [0.5, 0.6) is 5.75 Å². The molecule has 0 N–H and O–H groups in total. The Kier molecular flexibility index (Phi) is 7.47. The number of rotatable bonds is 4. The van der Waals surface area contributed by atoms with Crippen LogP contribution in [0.2, 0.25) is 5.02 Å². The summed E-state index contributed by atoms with van der Waals surface area (Å²) in [6, 6.07) is 39.9. The lowest BCUT2D eigenvalue weighted by atomic mass is 10.3. The van der Waals surface area contributed by atoms with Gasteiger partial charge in [0.05, 0.1) is 13.8 Å². The predicted molar refractivity (Wildman–Crippen MR) is 129 cm³/mol. The van der Waals surface area contributed by atoms with E-state index in [2.05, 4.69) is 97.7 Å². The zero-order chi connectivity index (χ0) is 20.5. The lowest BCUT2D eigenvalue weighted by molar-refractivity contribution is 0.415. The lowest BCUT2D eigenvalue weighted by Crippen LogP contribution is -2.30. The van der Waals surface area contributed by atoms with Crippen LogP contribution < -0.4 is 20.7 Å². The maximum absolute atomic E-state index is 5.64. The third-order valence-electron chi connectivity index (χ3n) is 4.85. The van der Waals surface area contributed by atoms with Gasteiger partial charge in [-0.1, -0.05) is 72.3 Å². The van der Waals surface area contributed by atoms with Gasteiger partial charge in [0.25, 0.3) is 0 Å². The van der Waals surface area contributed by atoms with Gasteiger partial charge in [0.15, 0.2) is 0 Å². The van der Waals surface area contributed by atoms with E-state index in [-0.39, 0.29) is 0 Å². The van der Waals surface area contributed by atoms with Gasteiger partial charge in [-0.25, -0.2) is 0 Å². The van der Waals surface area contributed by atoms with Crippen molar-refractivity contribution in [3.8, 4) is 5.75 Å². The molecule has 0 spiro atoms. The molecule has 0 atom stereocenters. The smallest absolute Gasteiger partial charge is 0.120 e. The average Bonchev–Trinajstić information content (AvgIpc) is 2.80. The highest BCUT2D eigenvalue weighted by Crippen LogP contribution is 2.51. The first-order chi connectivity index (χ1) is 14.1. The van der Waals surface area contributed by atoms with Crippen LogP contribution in [0.4, 0.5) is 0 Å². The molecule has 4 rings (SSSR count). The molecule has 4 aromatic rings. The van der Waals surface area contributed by atoms with E-state index in [1.165, 1.54) is 15.9 Å². The van der Waals surface area contributed by atoms with Gasteiger partial charge in [-0.3, -0.25) is 0 Å². The lowest BCUT2D eigenvalue weighted by Gasteiger charge is -2.22. The standard InChI is InChI=1S/C19H18P.C7H7ClO/c1-20(17-11-5-2-6-12-17,18-13-7-3-8-14-18)19-15-9-4-10-16-19;1-9-7-4-2-3-6(8)5-7/h2-16H,1H3;2-5H,1H3/q+1;. The van der Waals surface area contributed by atoms with Crippen molar-refractivity contribution in [2.75, 3.05) is 13.8 Å². The summed E-state index contributed by atoms with van der Waals surface area (Å²) in [5.41, 5.74) is 0. The molecule has 0 heterocycles.